The van der Waals surface area contributed by atoms with Crippen LogP contribution in [0.5, 0.6) is 0 Å². The van der Waals surface area contributed by atoms with Gasteiger partial charge >= 0.3 is 0 Å². The molecule has 2 aromatic heterocycles. The monoisotopic (exact) mass is 341 g/mol. The number of likely N-dealkylation sites (N-methyl/N-ethyl adjacent to an activating group) is 1. The molecular weight excluding hydrogens is 314 g/mol. The first kappa shape index (κ1) is 17.5. The summed E-state index contributed by atoms with van der Waals surface area (Å²) < 4.78 is 0. The van der Waals surface area contributed by atoms with E-state index in [0.29, 0.717) is 5.69 Å². The lowest BCUT2D eigenvalue weighted by atomic mass is 9.92. The molecule has 2 aromatic rings. The number of rotatable bonds is 3. The minimum Gasteiger partial charge on any atom is -0.355 e. The van der Waals surface area contributed by atoms with E-state index in [1.807, 2.05) is 42.4 Å². The van der Waals surface area contributed by atoms with Crippen LogP contribution in [0.2, 0.25) is 0 Å². The number of amides is 1. The maximum atomic E-state index is 12.8. The minimum absolute atomic E-state index is 0.0281. The molecule has 1 amide bonds. The van der Waals surface area contributed by atoms with Crippen molar-refractivity contribution in [3.05, 3.63) is 41.9 Å². The predicted octanol–water partition coefficient (Wildman–Crippen LogP) is 2.84. The summed E-state index contributed by atoms with van der Waals surface area (Å²) in [5, 5.41) is 7.23. The molecule has 0 saturated carbocycles. The minimum atomic E-state index is -0.0509. The standard InChI is InChI=1S/C19H27N5O/c1-19(2,3)16-12-15(21-22-16)18(25)23(4)14-8-7-11-24(13-14)17-9-5-6-10-20-17/h5-6,9-10,12,14H,7-8,11,13H2,1-4H3,(H,21,22). The van der Waals surface area contributed by atoms with Gasteiger partial charge in [-0.05, 0) is 31.0 Å². The number of H-pyrrole nitrogens is 1. The third-order valence-electron chi connectivity index (χ3n) is 4.84. The van der Waals surface area contributed by atoms with E-state index in [-0.39, 0.29) is 17.4 Å². The van der Waals surface area contributed by atoms with Crippen molar-refractivity contribution in [1.29, 1.82) is 0 Å². The van der Waals surface area contributed by atoms with Gasteiger partial charge in [0, 0.05) is 43.5 Å². The average molecular weight is 341 g/mol. The van der Waals surface area contributed by atoms with Crippen LogP contribution >= 0.6 is 0 Å². The molecule has 1 unspecified atom stereocenters. The maximum Gasteiger partial charge on any atom is 0.274 e. The number of aromatic amines is 1. The van der Waals surface area contributed by atoms with Crippen molar-refractivity contribution in [2.24, 2.45) is 0 Å². The first-order valence-electron chi connectivity index (χ1n) is 8.85. The zero-order chi connectivity index (χ0) is 18.0. The highest BCUT2D eigenvalue weighted by molar-refractivity contribution is 5.92. The molecule has 1 atom stereocenters. The molecule has 1 aliphatic rings. The van der Waals surface area contributed by atoms with Gasteiger partial charge in [0.15, 0.2) is 0 Å². The predicted molar refractivity (Wildman–Crippen MR) is 98.9 cm³/mol. The van der Waals surface area contributed by atoms with E-state index in [0.717, 1.165) is 37.4 Å². The summed E-state index contributed by atoms with van der Waals surface area (Å²) in [5.41, 5.74) is 1.41. The number of carbonyl (C=O) groups excluding carboxylic acids is 1. The Hall–Kier alpha value is -2.37. The molecule has 6 heteroatoms. The average Bonchev–Trinajstić information content (AvgIpc) is 3.12. The number of nitrogens with zero attached hydrogens (tertiary/aromatic N) is 4. The van der Waals surface area contributed by atoms with Crippen molar-refractivity contribution in [3.63, 3.8) is 0 Å². The van der Waals surface area contributed by atoms with E-state index in [1.54, 1.807) is 0 Å². The molecule has 0 spiro atoms. The fraction of sp³-hybridized carbons (Fsp3) is 0.526. The molecule has 3 rings (SSSR count). The molecule has 6 nitrogen and oxygen atoms in total. The largest absolute Gasteiger partial charge is 0.355 e. The van der Waals surface area contributed by atoms with Gasteiger partial charge < -0.3 is 9.80 Å². The van der Waals surface area contributed by atoms with E-state index < -0.39 is 0 Å². The summed E-state index contributed by atoms with van der Waals surface area (Å²) in [6.45, 7) is 8.08. The molecule has 0 aromatic carbocycles. The molecule has 1 saturated heterocycles. The topological polar surface area (TPSA) is 65.1 Å². The summed E-state index contributed by atoms with van der Waals surface area (Å²) in [5.74, 6) is 0.947. The van der Waals surface area contributed by atoms with Crippen LogP contribution in [-0.4, -0.2) is 52.2 Å². The van der Waals surface area contributed by atoms with Crippen LogP contribution in [0.4, 0.5) is 5.82 Å². The highest BCUT2D eigenvalue weighted by atomic mass is 16.2. The van der Waals surface area contributed by atoms with Crippen molar-refractivity contribution in [2.75, 3.05) is 25.0 Å². The fourth-order valence-electron chi connectivity index (χ4n) is 3.18. The van der Waals surface area contributed by atoms with Crippen molar-refractivity contribution in [1.82, 2.24) is 20.1 Å². The quantitative estimate of drug-likeness (QED) is 0.932. The third-order valence-corrected chi connectivity index (χ3v) is 4.84. The highest BCUT2D eigenvalue weighted by Crippen LogP contribution is 2.23. The Morgan fingerprint density at radius 3 is 2.80 bits per heavy atom. The second-order valence-corrected chi connectivity index (χ2v) is 7.76. The van der Waals surface area contributed by atoms with Crippen LogP contribution in [0.1, 0.15) is 49.8 Å². The molecule has 1 aliphatic heterocycles. The van der Waals surface area contributed by atoms with Crippen molar-refractivity contribution in [2.45, 2.75) is 45.1 Å². The Balaban J connectivity index is 1.70. The van der Waals surface area contributed by atoms with E-state index in [9.17, 15) is 4.79 Å². The number of hydrogen-bond acceptors (Lipinski definition) is 4. The SMILES string of the molecule is CN(C(=O)c1cc(C(C)(C)C)[nH]n1)C1CCCN(c2ccccn2)C1. The molecule has 1 fully saturated rings. The van der Waals surface area contributed by atoms with Gasteiger partial charge in [0.1, 0.15) is 11.5 Å². The third kappa shape index (κ3) is 3.83. The van der Waals surface area contributed by atoms with Gasteiger partial charge in [-0.3, -0.25) is 9.89 Å². The second kappa shape index (κ2) is 6.86. The number of anilines is 1. The van der Waals surface area contributed by atoms with Crippen molar-refractivity contribution >= 4 is 11.7 Å². The zero-order valence-corrected chi connectivity index (χ0v) is 15.5. The second-order valence-electron chi connectivity index (χ2n) is 7.76. The number of piperidine rings is 1. The Labute approximate surface area is 149 Å². The molecule has 0 radical (unpaired) electrons. The summed E-state index contributed by atoms with van der Waals surface area (Å²) >= 11 is 0. The normalized spacial score (nSPS) is 18.2. The summed E-state index contributed by atoms with van der Waals surface area (Å²) in [4.78, 5) is 21.4. The van der Waals surface area contributed by atoms with Gasteiger partial charge in [-0.2, -0.15) is 5.10 Å². The van der Waals surface area contributed by atoms with E-state index >= 15 is 0 Å². The lowest BCUT2D eigenvalue weighted by molar-refractivity contribution is 0.0711. The van der Waals surface area contributed by atoms with Crippen LogP contribution in [0.3, 0.4) is 0 Å². The van der Waals surface area contributed by atoms with E-state index in [2.05, 4.69) is 40.9 Å². The van der Waals surface area contributed by atoms with Gasteiger partial charge in [-0.1, -0.05) is 26.8 Å². The lowest BCUT2D eigenvalue weighted by Gasteiger charge is -2.38. The van der Waals surface area contributed by atoms with Gasteiger partial charge in [0.2, 0.25) is 0 Å². The first-order chi connectivity index (χ1) is 11.9. The number of carbonyl (C=O) groups is 1. The van der Waals surface area contributed by atoms with Crippen LogP contribution in [-0.2, 0) is 5.41 Å². The summed E-state index contributed by atoms with van der Waals surface area (Å²) in [7, 11) is 1.88. The van der Waals surface area contributed by atoms with Gasteiger partial charge in [-0.15, -0.1) is 0 Å². The molecule has 3 heterocycles. The Bertz CT molecular complexity index is 719. The van der Waals surface area contributed by atoms with Crippen LogP contribution in [0, 0.1) is 0 Å². The van der Waals surface area contributed by atoms with E-state index in [4.69, 9.17) is 0 Å². The van der Waals surface area contributed by atoms with Gasteiger partial charge in [0.05, 0.1) is 0 Å². The highest BCUT2D eigenvalue weighted by Gasteiger charge is 2.29. The molecule has 0 bridgehead atoms. The van der Waals surface area contributed by atoms with Crippen molar-refractivity contribution in [3.8, 4) is 0 Å². The van der Waals surface area contributed by atoms with Gasteiger partial charge in [0.25, 0.3) is 5.91 Å². The summed E-state index contributed by atoms with van der Waals surface area (Å²) in [6, 6.07) is 7.98. The number of nitrogens with one attached hydrogen (secondary N) is 1. The molecular formula is C19H27N5O. The number of aromatic nitrogens is 3. The van der Waals surface area contributed by atoms with Crippen molar-refractivity contribution < 1.29 is 4.79 Å². The van der Waals surface area contributed by atoms with Crippen LogP contribution < -0.4 is 4.90 Å². The zero-order valence-electron chi connectivity index (χ0n) is 15.5. The number of pyridine rings is 1. The molecule has 25 heavy (non-hydrogen) atoms. The molecule has 0 aliphatic carbocycles. The number of hydrogen-bond donors (Lipinski definition) is 1. The van der Waals surface area contributed by atoms with E-state index in [1.165, 1.54) is 0 Å². The fourth-order valence-corrected chi connectivity index (χ4v) is 3.18. The maximum absolute atomic E-state index is 12.8. The van der Waals surface area contributed by atoms with Crippen LogP contribution in [0.25, 0.3) is 0 Å². The molecule has 134 valence electrons. The Morgan fingerprint density at radius 2 is 2.16 bits per heavy atom. The lowest BCUT2D eigenvalue weighted by Crippen LogP contribution is -2.49. The molecule has 1 N–H and O–H groups in total. The Kier molecular flexibility index (Phi) is 4.79. The van der Waals surface area contributed by atoms with Gasteiger partial charge in [-0.25, -0.2) is 4.98 Å². The smallest absolute Gasteiger partial charge is 0.274 e. The Morgan fingerprint density at radius 1 is 1.36 bits per heavy atom. The first-order valence-corrected chi connectivity index (χ1v) is 8.85. The van der Waals surface area contributed by atoms with Crippen LogP contribution in [0.15, 0.2) is 30.5 Å². The summed E-state index contributed by atoms with van der Waals surface area (Å²) in [6.07, 6.45) is 3.86.